The highest BCUT2D eigenvalue weighted by Gasteiger charge is 2.21. The molecule has 2 aliphatic rings. The number of nitrogens with zero attached hydrogens (tertiary/aromatic N) is 2. The van der Waals surface area contributed by atoms with E-state index in [0.717, 1.165) is 11.6 Å². The number of hydrogen-bond acceptors (Lipinski definition) is 4. The highest BCUT2D eigenvalue weighted by Crippen LogP contribution is 2.25. The van der Waals surface area contributed by atoms with Crippen molar-refractivity contribution >= 4 is 11.6 Å². The number of hydrogen-bond donors (Lipinski definition) is 2. The lowest BCUT2D eigenvalue weighted by Crippen LogP contribution is -2.22. The van der Waals surface area contributed by atoms with Crippen LogP contribution in [0.5, 0.6) is 0 Å². The van der Waals surface area contributed by atoms with Gasteiger partial charge in [0.15, 0.2) is 0 Å². The van der Waals surface area contributed by atoms with Crippen molar-refractivity contribution in [1.82, 2.24) is 9.97 Å². The van der Waals surface area contributed by atoms with Crippen LogP contribution in [-0.4, -0.2) is 22.1 Å². The lowest BCUT2D eigenvalue weighted by atomic mass is 9.95. The largest absolute Gasteiger partial charge is 0.367 e. The third-order valence-electron chi connectivity index (χ3n) is 3.55. The Bertz CT molecular complexity index is 369. The van der Waals surface area contributed by atoms with Crippen LogP contribution in [0.2, 0.25) is 0 Å². The van der Waals surface area contributed by atoms with E-state index in [1.807, 2.05) is 6.07 Å². The first kappa shape index (κ1) is 10.8. The molecule has 2 N–H and O–H groups in total. The van der Waals surface area contributed by atoms with Gasteiger partial charge in [-0.1, -0.05) is 19.3 Å². The second-order valence-electron chi connectivity index (χ2n) is 5.19. The minimum atomic E-state index is 0.604. The molecule has 0 atom stereocenters. The number of rotatable bonds is 4. The molecule has 0 radical (unpaired) electrons. The van der Waals surface area contributed by atoms with Gasteiger partial charge in [-0.05, 0) is 25.7 Å². The van der Waals surface area contributed by atoms with Crippen LogP contribution >= 0.6 is 0 Å². The molecule has 4 heteroatoms. The van der Waals surface area contributed by atoms with E-state index in [0.29, 0.717) is 12.1 Å². The molecule has 3 rings (SSSR count). The molecule has 0 amide bonds. The lowest BCUT2D eigenvalue weighted by molar-refractivity contribution is 0.462. The summed E-state index contributed by atoms with van der Waals surface area (Å²) in [6.45, 7) is 0. The standard InChI is InChI=1S/C13H20N4/c1-2-4-10(5-3-1)16-12-8-13(15-9-14-12)17-11-6-7-11/h8-11H,1-7H2,(H2,14,15,16,17). The van der Waals surface area contributed by atoms with Crippen LogP contribution in [0, 0.1) is 0 Å². The highest BCUT2D eigenvalue weighted by molar-refractivity contribution is 5.48. The summed E-state index contributed by atoms with van der Waals surface area (Å²) in [5.74, 6) is 1.93. The van der Waals surface area contributed by atoms with Gasteiger partial charge in [0.25, 0.3) is 0 Å². The summed E-state index contributed by atoms with van der Waals surface area (Å²) in [7, 11) is 0. The van der Waals surface area contributed by atoms with Crippen molar-refractivity contribution in [2.24, 2.45) is 0 Å². The van der Waals surface area contributed by atoms with E-state index in [1.165, 1.54) is 44.9 Å². The summed E-state index contributed by atoms with van der Waals surface area (Å²) >= 11 is 0. The van der Waals surface area contributed by atoms with Gasteiger partial charge in [0.2, 0.25) is 0 Å². The predicted octanol–water partition coefficient (Wildman–Crippen LogP) is 2.80. The van der Waals surface area contributed by atoms with E-state index in [2.05, 4.69) is 20.6 Å². The third kappa shape index (κ3) is 3.08. The molecule has 0 spiro atoms. The zero-order valence-electron chi connectivity index (χ0n) is 10.2. The average Bonchev–Trinajstić information content (AvgIpc) is 3.15. The Hall–Kier alpha value is -1.32. The van der Waals surface area contributed by atoms with Crippen molar-refractivity contribution in [2.45, 2.75) is 57.0 Å². The second kappa shape index (κ2) is 4.90. The molecule has 0 unspecified atom stereocenters. The molecule has 0 aromatic carbocycles. The summed E-state index contributed by atoms with van der Waals surface area (Å²) in [6, 6.07) is 3.28. The molecule has 2 aliphatic carbocycles. The van der Waals surface area contributed by atoms with Crippen LogP contribution in [0.4, 0.5) is 11.6 Å². The van der Waals surface area contributed by atoms with Gasteiger partial charge in [0.05, 0.1) is 0 Å². The average molecular weight is 232 g/mol. The first-order valence-electron chi connectivity index (χ1n) is 6.75. The quantitative estimate of drug-likeness (QED) is 0.838. The summed E-state index contributed by atoms with van der Waals surface area (Å²) < 4.78 is 0. The van der Waals surface area contributed by atoms with Gasteiger partial charge in [-0.25, -0.2) is 9.97 Å². The SMILES string of the molecule is c1nc(NC2CCCCC2)cc(NC2CC2)n1. The molecule has 2 fully saturated rings. The molecular formula is C13H20N4. The monoisotopic (exact) mass is 232 g/mol. The van der Waals surface area contributed by atoms with Crippen molar-refractivity contribution in [3.8, 4) is 0 Å². The Balaban J connectivity index is 1.60. The smallest absolute Gasteiger partial charge is 0.131 e. The summed E-state index contributed by atoms with van der Waals surface area (Å²) in [4.78, 5) is 8.55. The van der Waals surface area contributed by atoms with Crippen LogP contribution in [0.1, 0.15) is 44.9 Å². The lowest BCUT2D eigenvalue weighted by Gasteiger charge is -2.23. The number of aromatic nitrogens is 2. The molecule has 1 heterocycles. The molecule has 0 bridgehead atoms. The van der Waals surface area contributed by atoms with E-state index in [4.69, 9.17) is 0 Å². The number of nitrogens with one attached hydrogen (secondary N) is 2. The Morgan fingerprint density at radius 1 is 0.824 bits per heavy atom. The van der Waals surface area contributed by atoms with Crippen LogP contribution in [0.15, 0.2) is 12.4 Å². The van der Waals surface area contributed by atoms with Crippen molar-refractivity contribution in [2.75, 3.05) is 10.6 Å². The Morgan fingerprint density at radius 3 is 2.00 bits per heavy atom. The summed E-state index contributed by atoms with van der Waals surface area (Å²) in [6.07, 6.45) is 10.8. The molecule has 92 valence electrons. The fraction of sp³-hybridized carbons (Fsp3) is 0.692. The van der Waals surface area contributed by atoms with Crippen LogP contribution in [0.25, 0.3) is 0 Å². The van der Waals surface area contributed by atoms with Gasteiger partial charge in [-0.15, -0.1) is 0 Å². The maximum atomic E-state index is 4.30. The Morgan fingerprint density at radius 2 is 1.41 bits per heavy atom. The highest BCUT2D eigenvalue weighted by atomic mass is 15.1. The molecule has 0 aliphatic heterocycles. The van der Waals surface area contributed by atoms with Gasteiger partial charge >= 0.3 is 0 Å². The topological polar surface area (TPSA) is 49.8 Å². The first-order chi connectivity index (χ1) is 8.40. The van der Waals surface area contributed by atoms with E-state index >= 15 is 0 Å². The molecule has 0 saturated heterocycles. The van der Waals surface area contributed by atoms with Gasteiger partial charge in [0.1, 0.15) is 18.0 Å². The molecule has 4 nitrogen and oxygen atoms in total. The molecule has 1 aromatic heterocycles. The fourth-order valence-electron chi connectivity index (χ4n) is 2.41. The Kier molecular flexibility index (Phi) is 3.12. The van der Waals surface area contributed by atoms with Gasteiger partial charge < -0.3 is 10.6 Å². The molecule has 1 aromatic rings. The van der Waals surface area contributed by atoms with Gasteiger partial charge in [0, 0.05) is 18.2 Å². The molecule has 2 saturated carbocycles. The maximum absolute atomic E-state index is 4.30. The van der Waals surface area contributed by atoms with E-state index < -0.39 is 0 Å². The summed E-state index contributed by atoms with van der Waals surface area (Å²) in [5, 5.41) is 6.93. The maximum Gasteiger partial charge on any atom is 0.131 e. The van der Waals surface area contributed by atoms with Crippen molar-refractivity contribution in [3.63, 3.8) is 0 Å². The Labute approximate surface area is 102 Å². The number of anilines is 2. The van der Waals surface area contributed by atoms with Crippen molar-refractivity contribution in [3.05, 3.63) is 12.4 Å². The van der Waals surface area contributed by atoms with Crippen molar-refractivity contribution < 1.29 is 0 Å². The minimum Gasteiger partial charge on any atom is -0.367 e. The zero-order chi connectivity index (χ0) is 11.5. The van der Waals surface area contributed by atoms with E-state index in [-0.39, 0.29) is 0 Å². The van der Waals surface area contributed by atoms with E-state index in [1.54, 1.807) is 6.33 Å². The first-order valence-corrected chi connectivity index (χ1v) is 6.75. The van der Waals surface area contributed by atoms with E-state index in [9.17, 15) is 0 Å². The minimum absolute atomic E-state index is 0.604. The van der Waals surface area contributed by atoms with Gasteiger partial charge in [-0.2, -0.15) is 0 Å². The predicted molar refractivity (Wildman–Crippen MR) is 69.2 cm³/mol. The molecule has 17 heavy (non-hydrogen) atoms. The van der Waals surface area contributed by atoms with Crippen LogP contribution in [0.3, 0.4) is 0 Å². The zero-order valence-corrected chi connectivity index (χ0v) is 10.2. The normalized spacial score (nSPS) is 21.2. The van der Waals surface area contributed by atoms with Crippen LogP contribution in [-0.2, 0) is 0 Å². The van der Waals surface area contributed by atoms with Crippen molar-refractivity contribution in [1.29, 1.82) is 0 Å². The molecular weight excluding hydrogens is 212 g/mol. The van der Waals surface area contributed by atoms with Gasteiger partial charge in [-0.3, -0.25) is 0 Å². The second-order valence-corrected chi connectivity index (χ2v) is 5.19. The van der Waals surface area contributed by atoms with Crippen LogP contribution < -0.4 is 10.6 Å². The summed E-state index contributed by atoms with van der Waals surface area (Å²) in [5.41, 5.74) is 0. The fourth-order valence-corrected chi connectivity index (χ4v) is 2.41. The third-order valence-corrected chi connectivity index (χ3v) is 3.55.